The predicted octanol–water partition coefficient (Wildman–Crippen LogP) is 0.716. The van der Waals surface area contributed by atoms with E-state index >= 15 is 0 Å². The Bertz CT molecular complexity index is 327. The molecule has 1 rings (SSSR count). The first kappa shape index (κ1) is 16.9. The standard InChI is InChI=1S/C14H26N2O4/c1-16(9-10-20-2)8-7-15-12(17)11-14(13(18)19)5-3-4-6-14/h3-11H2,1-2H3,(H,15,17)(H,18,19). The minimum Gasteiger partial charge on any atom is -0.481 e. The van der Waals surface area contributed by atoms with Crippen LogP contribution in [-0.4, -0.2) is 62.3 Å². The molecule has 0 spiro atoms. The molecule has 0 aromatic rings. The van der Waals surface area contributed by atoms with E-state index in [-0.39, 0.29) is 12.3 Å². The number of nitrogens with one attached hydrogen (secondary N) is 1. The smallest absolute Gasteiger partial charge is 0.310 e. The van der Waals surface area contributed by atoms with Gasteiger partial charge in [0, 0.05) is 33.2 Å². The van der Waals surface area contributed by atoms with Crippen LogP contribution < -0.4 is 5.32 Å². The summed E-state index contributed by atoms with van der Waals surface area (Å²) in [6.07, 6.45) is 3.13. The van der Waals surface area contributed by atoms with Crippen LogP contribution in [0.3, 0.4) is 0 Å². The van der Waals surface area contributed by atoms with Gasteiger partial charge in [0.1, 0.15) is 0 Å². The summed E-state index contributed by atoms with van der Waals surface area (Å²) in [5.74, 6) is -0.989. The van der Waals surface area contributed by atoms with Gasteiger partial charge in [0.25, 0.3) is 0 Å². The highest BCUT2D eigenvalue weighted by molar-refractivity contribution is 5.85. The van der Waals surface area contributed by atoms with Gasteiger partial charge < -0.3 is 20.1 Å². The topological polar surface area (TPSA) is 78.9 Å². The average Bonchev–Trinajstić information content (AvgIpc) is 2.86. The molecule has 1 aliphatic rings. The summed E-state index contributed by atoms with van der Waals surface area (Å²) in [6.45, 7) is 2.74. The van der Waals surface area contributed by atoms with Crippen molar-refractivity contribution in [3.05, 3.63) is 0 Å². The number of hydrogen-bond donors (Lipinski definition) is 2. The summed E-state index contributed by atoms with van der Waals surface area (Å²) in [5, 5.41) is 12.1. The molecule has 0 aromatic heterocycles. The highest BCUT2D eigenvalue weighted by atomic mass is 16.5. The molecular weight excluding hydrogens is 260 g/mol. The van der Waals surface area contributed by atoms with Gasteiger partial charge in [0.05, 0.1) is 12.0 Å². The molecule has 0 atom stereocenters. The summed E-state index contributed by atoms with van der Waals surface area (Å²) in [5.41, 5.74) is -0.827. The molecule has 0 saturated heterocycles. The van der Waals surface area contributed by atoms with E-state index in [4.69, 9.17) is 4.74 Å². The molecule has 0 aliphatic heterocycles. The number of rotatable bonds is 9. The van der Waals surface area contributed by atoms with Crippen LogP contribution in [0.5, 0.6) is 0 Å². The fraction of sp³-hybridized carbons (Fsp3) is 0.857. The second kappa shape index (κ2) is 8.21. The van der Waals surface area contributed by atoms with Gasteiger partial charge in [-0.25, -0.2) is 0 Å². The predicted molar refractivity (Wildman–Crippen MR) is 75.5 cm³/mol. The monoisotopic (exact) mass is 286 g/mol. The third-order valence-electron chi connectivity index (χ3n) is 4.01. The number of amides is 1. The van der Waals surface area contributed by atoms with Gasteiger partial charge in [-0.05, 0) is 19.9 Å². The van der Waals surface area contributed by atoms with E-state index in [2.05, 4.69) is 10.2 Å². The van der Waals surface area contributed by atoms with Crippen LogP contribution in [0.2, 0.25) is 0 Å². The van der Waals surface area contributed by atoms with Crippen LogP contribution in [0.25, 0.3) is 0 Å². The van der Waals surface area contributed by atoms with Crippen molar-refractivity contribution in [3.63, 3.8) is 0 Å². The van der Waals surface area contributed by atoms with Crippen LogP contribution in [-0.2, 0) is 14.3 Å². The Morgan fingerprint density at radius 2 is 1.95 bits per heavy atom. The number of carboxylic acid groups (broad SMARTS) is 1. The number of hydrogen-bond acceptors (Lipinski definition) is 4. The lowest BCUT2D eigenvalue weighted by Gasteiger charge is -2.23. The highest BCUT2D eigenvalue weighted by Crippen LogP contribution is 2.41. The molecule has 2 N–H and O–H groups in total. The third kappa shape index (κ3) is 5.09. The summed E-state index contributed by atoms with van der Waals surface area (Å²) < 4.78 is 4.97. The Hall–Kier alpha value is -1.14. The first-order valence-electron chi connectivity index (χ1n) is 7.18. The molecule has 1 aliphatic carbocycles. The number of likely N-dealkylation sites (N-methyl/N-ethyl adjacent to an activating group) is 1. The Balaban J connectivity index is 2.27. The molecule has 6 heteroatoms. The zero-order valence-electron chi connectivity index (χ0n) is 12.5. The fourth-order valence-electron chi connectivity index (χ4n) is 2.63. The lowest BCUT2D eigenvalue weighted by molar-refractivity contribution is -0.151. The van der Waals surface area contributed by atoms with Gasteiger partial charge in [0.2, 0.25) is 5.91 Å². The molecule has 1 amide bonds. The van der Waals surface area contributed by atoms with E-state index < -0.39 is 11.4 Å². The first-order chi connectivity index (χ1) is 9.50. The highest BCUT2D eigenvalue weighted by Gasteiger charge is 2.42. The lowest BCUT2D eigenvalue weighted by Crippen LogP contribution is -2.39. The van der Waals surface area contributed by atoms with E-state index in [1.807, 2.05) is 7.05 Å². The minimum atomic E-state index is -0.831. The van der Waals surface area contributed by atoms with Crippen molar-refractivity contribution in [1.29, 1.82) is 0 Å². The van der Waals surface area contributed by atoms with E-state index in [1.165, 1.54) is 0 Å². The van der Waals surface area contributed by atoms with Crippen molar-refractivity contribution in [2.24, 2.45) is 5.41 Å². The van der Waals surface area contributed by atoms with Gasteiger partial charge in [-0.15, -0.1) is 0 Å². The van der Waals surface area contributed by atoms with Crippen molar-refractivity contribution in [2.75, 3.05) is 40.4 Å². The number of nitrogens with zero attached hydrogens (tertiary/aromatic N) is 1. The number of aliphatic carboxylic acids is 1. The quantitative estimate of drug-likeness (QED) is 0.653. The van der Waals surface area contributed by atoms with E-state index in [9.17, 15) is 14.7 Å². The van der Waals surface area contributed by atoms with Crippen molar-refractivity contribution in [1.82, 2.24) is 10.2 Å². The third-order valence-corrected chi connectivity index (χ3v) is 4.01. The maximum absolute atomic E-state index is 11.9. The molecule has 6 nitrogen and oxygen atoms in total. The minimum absolute atomic E-state index is 0.101. The van der Waals surface area contributed by atoms with E-state index in [0.717, 1.165) is 25.9 Å². The van der Waals surface area contributed by atoms with Crippen molar-refractivity contribution < 1.29 is 19.4 Å². The molecule has 0 unspecified atom stereocenters. The van der Waals surface area contributed by atoms with Gasteiger partial charge in [-0.3, -0.25) is 9.59 Å². The summed E-state index contributed by atoms with van der Waals surface area (Å²) in [6, 6.07) is 0. The Morgan fingerprint density at radius 3 is 2.50 bits per heavy atom. The number of ether oxygens (including phenoxy) is 1. The largest absolute Gasteiger partial charge is 0.481 e. The summed E-state index contributed by atoms with van der Waals surface area (Å²) in [4.78, 5) is 25.3. The normalized spacial score (nSPS) is 17.4. The number of carboxylic acids is 1. The molecule has 0 heterocycles. The molecule has 0 radical (unpaired) electrons. The lowest BCUT2D eigenvalue weighted by atomic mass is 9.82. The summed E-state index contributed by atoms with van der Waals surface area (Å²) in [7, 11) is 3.61. The molecule has 116 valence electrons. The Labute approximate surface area is 120 Å². The number of carbonyl (C=O) groups is 2. The van der Waals surface area contributed by atoms with Gasteiger partial charge >= 0.3 is 5.97 Å². The van der Waals surface area contributed by atoms with Crippen molar-refractivity contribution in [2.45, 2.75) is 32.1 Å². The maximum atomic E-state index is 11.9. The van der Waals surface area contributed by atoms with Gasteiger partial charge in [0.15, 0.2) is 0 Å². The second-order valence-corrected chi connectivity index (χ2v) is 5.62. The Kier molecular flexibility index (Phi) is 6.95. The van der Waals surface area contributed by atoms with Gasteiger partial charge in [-0.1, -0.05) is 12.8 Å². The van der Waals surface area contributed by atoms with Crippen molar-refractivity contribution in [3.8, 4) is 0 Å². The van der Waals surface area contributed by atoms with Crippen molar-refractivity contribution >= 4 is 11.9 Å². The number of carbonyl (C=O) groups excluding carboxylic acids is 1. The summed E-state index contributed by atoms with van der Waals surface area (Å²) >= 11 is 0. The zero-order chi connectivity index (χ0) is 15.0. The van der Waals surface area contributed by atoms with Crippen LogP contribution in [0.1, 0.15) is 32.1 Å². The number of methoxy groups -OCH3 is 1. The molecule has 1 saturated carbocycles. The Morgan fingerprint density at radius 1 is 1.30 bits per heavy atom. The molecule has 1 fully saturated rings. The van der Waals surface area contributed by atoms with E-state index in [0.29, 0.717) is 26.0 Å². The fourth-order valence-corrected chi connectivity index (χ4v) is 2.63. The van der Waals surface area contributed by atoms with Gasteiger partial charge in [-0.2, -0.15) is 0 Å². The molecular formula is C14H26N2O4. The molecule has 20 heavy (non-hydrogen) atoms. The van der Waals surface area contributed by atoms with Crippen LogP contribution in [0, 0.1) is 5.41 Å². The average molecular weight is 286 g/mol. The van der Waals surface area contributed by atoms with E-state index in [1.54, 1.807) is 7.11 Å². The second-order valence-electron chi connectivity index (χ2n) is 5.62. The van der Waals surface area contributed by atoms with Crippen LogP contribution >= 0.6 is 0 Å². The zero-order valence-corrected chi connectivity index (χ0v) is 12.5. The molecule has 0 aromatic carbocycles. The first-order valence-corrected chi connectivity index (χ1v) is 7.18. The molecule has 0 bridgehead atoms. The SMILES string of the molecule is COCCN(C)CCNC(=O)CC1(C(=O)O)CCCC1. The van der Waals surface area contributed by atoms with Crippen LogP contribution in [0.4, 0.5) is 0 Å². The van der Waals surface area contributed by atoms with Crippen LogP contribution in [0.15, 0.2) is 0 Å². The maximum Gasteiger partial charge on any atom is 0.310 e.